The molecule has 4 aromatic rings. The highest BCUT2D eigenvalue weighted by Crippen LogP contribution is 2.31. The molecule has 22 heavy (non-hydrogen) atoms. The molecule has 0 unspecified atom stereocenters. The summed E-state index contributed by atoms with van der Waals surface area (Å²) in [6.45, 7) is 0. The van der Waals surface area contributed by atoms with Gasteiger partial charge in [-0.3, -0.25) is 4.40 Å². The number of aromatic nitrogens is 4. The SMILES string of the molecule is CN(c1ccccc1)c1nc2nncn2c2cc(Cl)ccc12. The lowest BCUT2D eigenvalue weighted by atomic mass is 10.2. The Balaban J connectivity index is 2.03. The average Bonchev–Trinajstić information content (AvgIpc) is 3.03. The zero-order chi connectivity index (χ0) is 15.1. The third kappa shape index (κ3) is 1.98. The molecule has 0 spiro atoms. The number of halogens is 1. The van der Waals surface area contributed by atoms with Gasteiger partial charge in [0.15, 0.2) is 0 Å². The van der Waals surface area contributed by atoms with E-state index in [-0.39, 0.29) is 0 Å². The summed E-state index contributed by atoms with van der Waals surface area (Å²) < 4.78 is 1.84. The van der Waals surface area contributed by atoms with E-state index in [1.54, 1.807) is 6.33 Å². The molecule has 0 saturated carbocycles. The number of benzene rings is 2. The van der Waals surface area contributed by atoms with Crippen molar-refractivity contribution in [1.82, 2.24) is 19.6 Å². The van der Waals surface area contributed by atoms with Gasteiger partial charge in [-0.05, 0) is 30.3 Å². The van der Waals surface area contributed by atoms with E-state index < -0.39 is 0 Å². The van der Waals surface area contributed by atoms with Crippen LogP contribution in [-0.4, -0.2) is 26.6 Å². The second kappa shape index (κ2) is 4.96. The topological polar surface area (TPSA) is 46.3 Å². The van der Waals surface area contributed by atoms with Crippen LogP contribution in [0.3, 0.4) is 0 Å². The minimum Gasteiger partial charge on any atom is -0.329 e. The van der Waals surface area contributed by atoms with Gasteiger partial charge < -0.3 is 4.90 Å². The Morgan fingerprint density at radius 3 is 2.73 bits per heavy atom. The van der Waals surface area contributed by atoms with Crippen LogP contribution in [-0.2, 0) is 0 Å². The van der Waals surface area contributed by atoms with E-state index in [1.165, 1.54) is 0 Å². The van der Waals surface area contributed by atoms with Crippen LogP contribution in [0, 0.1) is 0 Å². The summed E-state index contributed by atoms with van der Waals surface area (Å²) in [5.74, 6) is 1.37. The number of fused-ring (bicyclic) bond motifs is 3. The van der Waals surface area contributed by atoms with Gasteiger partial charge in [0.1, 0.15) is 12.1 Å². The molecule has 0 aliphatic heterocycles. The molecule has 0 fully saturated rings. The molecular formula is C16H12ClN5. The molecule has 6 heteroatoms. The molecule has 5 nitrogen and oxygen atoms in total. The summed E-state index contributed by atoms with van der Waals surface area (Å²) in [5.41, 5.74) is 1.98. The quantitative estimate of drug-likeness (QED) is 0.566. The van der Waals surface area contributed by atoms with E-state index in [9.17, 15) is 0 Å². The molecule has 0 radical (unpaired) electrons. The lowest BCUT2D eigenvalue weighted by Gasteiger charge is -2.20. The maximum Gasteiger partial charge on any atom is 0.257 e. The van der Waals surface area contributed by atoms with Crippen LogP contribution in [0.15, 0.2) is 54.9 Å². The largest absolute Gasteiger partial charge is 0.329 e. The van der Waals surface area contributed by atoms with E-state index in [0.717, 1.165) is 22.4 Å². The third-order valence-corrected chi connectivity index (χ3v) is 3.89. The highest BCUT2D eigenvalue weighted by molar-refractivity contribution is 6.31. The molecule has 0 N–H and O–H groups in total. The van der Waals surface area contributed by atoms with E-state index in [4.69, 9.17) is 11.6 Å². The van der Waals surface area contributed by atoms with Crippen molar-refractivity contribution < 1.29 is 0 Å². The highest BCUT2D eigenvalue weighted by atomic mass is 35.5. The molecule has 2 heterocycles. The first-order chi connectivity index (χ1) is 10.7. The molecule has 0 amide bonds. The fourth-order valence-corrected chi connectivity index (χ4v) is 2.72. The van der Waals surface area contributed by atoms with Crippen LogP contribution < -0.4 is 4.90 Å². The summed E-state index contributed by atoms with van der Waals surface area (Å²) >= 11 is 6.15. The first-order valence-corrected chi connectivity index (χ1v) is 7.19. The lowest BCUT2D eigenvalue weighted by molar-refractivity contribution is 1.08. The normalized spacial score (nSPS) is 11.2. The molecule has 0 aliphatic carbocycles. The summed E-state index contributed by atoms with van der Waals surface area (Å²) in [5, 5.41) is 9.67. The van der Waals surface area contributed by atoms with Gasteiger partial charge in [-0.2, -0.15) is 4.98 Å². The zero-order valence-corrected chi connectivity index (χ0v) is 12.6. The van der Waals surface area contributed by atoms with Gasteiger partial charge in [0.25, 0.3) is 5.78 Å². The van der Waals surface area contributed by atoms with Gasteiger partial charge in [-0.1, -0.05) is 29.8 Å². The number of hydrogen-bond donors (Lipinski definition) is 0. The summed E-state index contributed by atoms with van der Waals surface area (Å²) in [4.78, 5) is 6.67. The summed E-state index contributed by atoms with van der Waals surface area (Å²) in [7, 11) is 1.98. The number of nitrogens with zero attached hydrogens (tertiary/aromatic N) is 5. The fraction of sp³-hybridized carbons (Fsp3) is 0.0625. The van der Waals surface area contributed by atoms with Crippen LogP contribution in [0.25, 0.3) is 16.7 Å². The van der Waals surface area contributed by atoms with Crippen molar-refractivity contribution in [3.05, 3.63) is 59.9 Å². The first-order valence-electron chi connectivity index (χ1n) is 6.82. The molecule has 108 valence electrons. The molecule has 0 saturated heterocycles. The highest BCUT2D eigenvalue weighted by Gasteiger charge is 2.14. The molecule has 0 atom stereocenters. The number of hydrogen-bond acceptors (Lipinski definition) is 4. The van der Waals surface area contributed by atoms with Crippen LogP contribution in [0.5, 0.6) is 0 Å². The Morgan fingerprint density at radius 2 is 1.91 bits per heavy atom. The van der Waals surface area contributed by atoms with Gasteiger partial charge in [-0.15, -0.1) is 10.2 Å². The molecule has 2 aromatic heterocycles. The summed E-state index contributed by atoms with van der Waals surface area (Å²) in [6, 6.07) is 15.8. The van der Waals surface area contributed by atoms with Crippen LogP contribution in [0.4, 0.5) is 11.5 Å². The van der Waals surface area contributed by atoms with Gasteiger partial charge in [0.2, 0.25) is 0 Å². The monoisotopic (exact) mass is 309 g/mol. The van der Waals surface area contributed by atoms with Crippen molar-refractivity contribution in [1.29, 1.82) is 0 Å². The average molecular weight is 310 g/mol. The van der Waals surface area contributed by atoms with Crippen molar-refractivity contribution in [2.75, 3.05) is 11.9 Å². The van der Waals surface area contributed by atoms with Gasteiger partial charge in [0.05, 0.1) is 5.52 Å². The predicted octanol–water partition coefficient (Wildman–Crippen LogP) is 3.70. The van der Waals surface area contributed by atoms with Gasteiger partial charge in [0, 0.05) is 23.1 Å². The van der Waals surface area contributed by atoms with E-state index >= 15 is 0 Å². The van der Waals surface area contributed by atoms with E-state index in [0.29, 0.717) is 10.8 Å². The minimum absolute atomic E-state index is 0.549. The van der Waals surface area contributed by atoms with Crippen molar-refractivity contribution in [3.8, 4) is 0 Å². The fourth-order valence-electron chi connectivity index (χ4n) is 2.55. The van der Waals surface area contributed by atoms with Crippen molar-refractivity contribution in [2.45, 2.75) is 0 Å². The maximum atomic E-state index is 6.15. The molecule has 2 aromatic carbocycles. The van der Waals surface area contributed by atoms with E-state index in [2.05, 4.69) is 15.2 Å². The minimum atomic E-state index is 0.549. The van der Waals surface area contributed by atoms with Crippen molar-refractivity contribution >= 4 is 39.8 Å². The Hall–Kier alpha value is -2.66. The first kappa shape index (κ1) is 13.0. The maximum absolute atomic E-state index is 6.15. The van der Waals surface area contributed by atoms with Gasteiger partial charge in [-0.25, -0.2) is 0 Å². The Kier molecular flexibility index (Phi) is 2.94. The second-order valence-corrected chi connectivity index (χ2v) is 5.43. The standard InChI is InChI=1S/C16H12ClN5/c1-21(12-5-3-2-4-6-12)15-13-8-7-11(17)9-14(13)22-10-18-20-16(22)19-15/h2-10H,1H3. The van der Waals surface area contributed by atoms with Crippen molar-refractivity contribution in [3.63, 3.8) is 0 Å². The number of anilines is 2. The zero-order valence-electron chi connectivity index (χ0n) is 11.8. The Bertz CT molecular complexity index is 964. The predicted molar refractivity (Wildman–Crippen MR) is 87.8 cm³/mol. The Morgan fingerprint density at radius 1 is 1.09 bits per heavy atom. The van der Waals surface area contributed by atoms with Crippen LogP contribution in [0.2, 0.25) is 5.02 Å². The van der Waals surface area contributed by atoms with Gasteiger partial charge >= 0.3 is 0 Å². The van der Waals surface area contributed by atoms with Crippen LogP contribution in [0.1, 0.15) is 0 Å². The number of rotatable bonds is 2. The lowest BCUT2D eigenvalue weighted by Crippen LogP contribution is -2.12. The summed E-state index contributed by atoms with van der Waals surface area (Å²) in [6.07, 6.45) is 1.65. The smallest absolute Gasteiger partial charge is 0.257 e. The molecule has 4 rings (SSSR count). The van der Waals surface area contributed by atoms with Crippen LogP contribution >= 0.6 is 11.6 Å². The van der Waals surface area contributed by atoms with Crippen molar-refractivity contribution in [2.24, 2.45) is 0 Å². The van der Waals surface area contributed by atoms with E-state index in [1.807, 2.05) is 64.9 Å². The Labute approximate surface area is 131 Å². The molecular weight excluding hydrogens is 298 g/mol. The third-order valence-electron chi connectivity index (χ3n) is 3.66. The molecule has 0 bridgehead atoms. The second-order valence-electron chi connectivity index (χ2n) is 4.99. The molecule has 0 aliphatic rings. The number of para-hydroxylation sites is 1.